The first-order valence-corrected chi connectivity index (χ1v) is 8.14. The molecule has 0 bridgehead atoms. The molecule has 0 N–H and O–H groups in total. The highest BCUT2D eigenvalue weighted by atomic mass is 19.2. The minimum Gasteiger partial charge on any atom is -0.343 e. The molecule has 130 valence electrons. The van der Waals surface area contributed by atoms with E-state index in [0.717, 1.165) is 5.56 Å². The Hall–Kier alpha value is -3.02. The first-order valence-electron chi connectivity index (χ1n) is 8.14. The first kappa shape index (κ1) is 17.8. The molecule has 0 fully saturated rings. The van der Waals surface area contributed by atoms with Crippen molar-refractivity contribution in [2.45, 2.75) is 0 Å². The molecule has 0 aliphatic heterocycles. The van der Waals surface area contributed by atoms with E-state index in [1.165, 1.54) is 19.0 Å². The second-order valence-corrected chi connectivity index (χ2v) is 6.05. The number of rotatable bonds is 4. The van der Waals surface area contributed by atoms with Gasteiger partial charge >= 0.3 is 7.27 Å². The maximum atomic E-state index is 13.9. The van der Waals surface area contributed by atoms with Gasteiger partial charge in [-0.25, -0.2) is 4.98 Å². The highest BCUT2D eigenvalue weighted by molar-refractivity contribution is 6.63. The largest absolute Gasteiger partial charge is 0.574 e. The number of hydrogen-bond acceptors (Lipinski definition) is 2. The van der Waals surface area contributed by atoms with E-state index in [4.69, 9.17) is 0 Å². The van der Waals surface area contributed by atoms with Gasteiger partial charge in [0.15, 0.2) is 0 Å². The van der Waals surface area contributed by atoms with Crippen molar-refractivity contribution in [3.63, 3.8) is 0 Å². The van der Waals surface area contributed by atoms with Crippen molar-refractivity contribution in [2.24, 2.45) is 0 Å². The van der Waals surface area contributed by atoms with E-state index in [1.54, 1.807) is 30.3 Å². The molecule has 0 unspecified atom stereocenters. The Morgan fingerprint density at radius 2 is 1.46 bits per heavy atom. The molecule has 26 heavy (non-hydrogen) atoms. The Bertz CT molecular complexity index is 916. The average molecular weight is 350 g/mol. The maximum Gasteiger partial charge on any atom is 0.574 e. The molecule has 0 saturated heterocycles. The fourth-order valence-electron chi connectivity index (χ4n) is 2.76. The van der Waals surface area contributed by atoms with E-state index >= 15 is 0 Å². The molecule has 0 aliphatic rings. The van der Waals surface area contributed by atoms with Crippen LogP contribution in [0.5, 0.6) is 0 Å². The van der Waals surface area contributed by atoms with Crippen LogP contribution in [0.25, 0.3) is 22.4 Å². The van der Waals surface area contributed by atoms with Crippen LogP contribution in [0.4, 0.5) is 8.63 Å². The molecule has 0 spiro atoms. The van der Waals surface area contributed by atoms with Crippen molar-refractivity contribution < 1.29 is 13.4 Å². The Balaban J connectivity index is 2.33. The number of benzene rings is 2. The standard InChI is InChI=1S/C20H17BF2N2O/c1-25(2)20(26)19-18(21(22)23)16(14-9-5-3-6-10-14)13-17(24-19)15-11-7-4-8-12-15/h3-13H,1-2H3. The van der Waals surface area contributed by atoms with Crippen molar-refractivity contribution in [3.8, 4) is 22.4 Å². The summed E-state index contributed by atoms with van der Waals surface area (Å²) in [5.74, 6) is -0.546. The van der Waals surface area contributed by atoms with Gasteiger partial charge in [-0.05, 0) is 17.2 Å². The van der Waals surface area contributed by atoms with Crippen molar-refractivity contribution in [1.82, 2.24) is 9.88 Å². The molecule has 0 radical (unpaired) electrons. The SMILES string of the molecule is CN(C)C(=O)c1nc(-c2ccccc2)cc(-c2ccccc2)c1B(F)F. The Morgan fingerprint density at radius 1 is 0.923 bits per heavy atom. The third-order valence-electron chi connectivity index (χ3n) is 4.04. The van der Waals surface area contributed by atoms with Crippen molar-refractivity contribution in [2.75, 3.05) is 14.1 Å². The molecule has 1 amide bonds. The van der Waals surface area contributed by atoms with Crippen LogP contribution in [0.2, 0.25) is 0 Å². The predicted octanol–water partition coefficient (Wildman–Crippen LogP) is 3.75. The lowest BCUT2D eigenvalue weighted by Crippen LogP contribution is -2.36. The summed E-state index contributed by atoms with van der Waals surface area (Å²) < 4.78 is 27.8. The number of nitrogens with zero attached hydrogens (tertiary/aromatic N) is 2. The van der Waals surface area contributed by atoms with Gasteiger partial charge < -0.3 is 4.90 Å². The monoisotopic (exact) mass is 350 g/mol. The van der Waals surface area contributed by atoms with Crippen LogP contribution in [0.15, 0.2) is 66.7 Å². The number of aromatic nitrogens is 1. The van der Waals surface area contributed by atoms with Crippen LogP contribution in [-0.2, 0) is 0 Å². The molecule has 2 aromatic carbocycles. The smallest absolute Gasteiger partial charge is 0.343 e. The topological polar surface area (TPSA) is 33.2 Å². The zero-order valence-electron chi connectivity index (χ0n) is 14.5. The number of amides is 1. The van der Waals surface area contributed by atoms with Gasteiger partial charge in [-0.3, -0.25) is 13.4 Å². The summed E-state index contributed by atoms with van der Waals surface area (Å²) >= 11 is 0. The van der Waals surface area contributed by atoms with E-state index < -0.39 is 13.2 Å². The van der Waals surface area contributed by atoms with Crippen LogP contribution >= 0.6 is 0 Å². The van der Waals surface area contributed by atoms with E-state index in [1.807, 2.05) is 36.4 Å². The molecule has 0 aliphatic carbocycles. The zero-order valence-corrected chi connectivity index (χ0v) is 14.5. The molecule has 1 aromatic heterocycles. The van der Waals surface area contributed by atoms with Gasteiger partial charge in [-0.15, -0.1) is 0 Å². The molecular weight excluding hydrogens is 333 g/mol. The third kappa shape index (κ3) is 3.49. The number of carbonyl (C=O) groups is 1. The van der Waals surface area contributed by atoms with Crippen LogP contribution in [0.3, 0.4) is 0 Å². The lowest BCUT2D eigenvalue weighted by molar-refractivity contribution is 0.0823. The van der Waals surface area contributed by atoms with Crippen LogP contribution in [0.1, 0.15) is 10.5 Å². The highest BCUT2D eigenvalue weighted by Crippen LogP contribution is 2.26. The van der Waals surface area contributed by atoms with Gasteiger partial charge in [-0.1, -0.05) is 60.7 Å². The first-order chi connectivity index (χ1) is 12.5. The van der Waals surface area contributed by atoms with E-state index in [9.17, 15) is 13.4 Å². The number of halogens is 2. The van der Waals surface area contributed by atoms with Crippen LogP contribution in [0, 0.1) is 0 Å². The Morgan fingerprint density at radius 3 is 1.96 bits per heavy atom. The summed E-state index contributed by atoms with van der Waals surface area (Å²) in [6, 6.07) is 19.7. The molecule has 0 saturated carbocycles. The van der Waals surface area contributed by atoms with Crippen LogP contribution in [-0.4, -0.2) is 37.2 Å². The van der Waals surface area contributed by atoms with Crippen LogP contribution < -0.4 is 5.46 Å². The van der Waals surface area contributed by atoms with Crippen molar-refractivity contribution in [1.29, 1.82) is 0 Å². The second-order valence-electron chi connectivity index (χ2n) is 6.05. The summed E-state index contributed by atoms with van der Waals surface area (Å²) in [4.78, 5) is 18.1. The minimum atomic E-state index is -2.82. The molecule has 3 aromatic rings. The molecule has 3 nitrogen and oxygen atoms in total. The number of pyridine rings is 1. The Kier molecular flexibility index (Phi) is 5.12. The summed E-state index contributed by atoms with van der Waals surface area (Å²) in [5, 5.41) is 0. The van der Waals surface area contributed by atoms with Crippen molar-refractivity contribution >= 4 is 18.6 Å². The summed E-state index contributed by atoms with van der Waals surface area (Å²) in [7, 11) is 0.231. The predicted molar refractivity (Wildman–Crippen MR) is 101 cm³/mol. The van der Waals surface area contributed by atoms with E-state index in [-0.39, 0.29) is 11.2 Å². The quantitative estimate of drug-likeness (QED) is 0.672. The maximum absolute atomic E-state index is 13.9. The zero-order chi connectivity index (χ0) is 18.7. The average Bonchev–Trinajstić information content (AvgIpc) is 2.67. The molecular formula is C20H17BF2N2O. The van der Waals surface area contributed by atoms with Gasteiger partial charge in [0.1, 0.15) is 5.69 Å². The van der Waals surface area contributed by atoms with E-state index in [2.05, 4.69) is 4.98 Å². The minimum absolute atomic E-state index is 0.217. The number of hydrogen-bond donors (Lipinski definition) is 0. The van der Waals surface area contributed by atoms with Gasteiger partial charge in [0.2, 0.25) is 0 Å². The van der Waals surface area contributed by atoms with Gasteiger partial charge in [0, 0.05) is 25.1 Å². The third-order valence-corrected chi connectivity index (χ3v) is 4.04. The van der Waals surface area contributed by atoms with Crippen molar-refractivity contribution in [3.05, 3.63) is 72.4 Å². The molecule has 1 heterocycles. The number of carbonyl (C=O) groups excluding carboxylic acids is 1. The molecule has 3 rings (SSSR count). The van der Waals surface area contributed by atoms with Gasteiger partial charge in [0.25, 0.3) is 5.91 Å². The lowest BCUT2D eigenvalue weighted by atomic mass is 9.77. The molecule has 6 heteroatoms. The lowest BCUT2D eigenvalue weighted by Gasteiger charge is -2.17. The summed E-state index contributed by atoms with van der Waals surface area (Å²) in [5.41, 5.74) is 1.63. The molecule has 0 atom stereocenters. The summed E-state index contributed by atoms with van der Waals surface area (Å²) in [6.07, 6.45) is 0. The fourth-order valence-corrected chi connectivity index (χ4v) is 2.76. The fraction of sp³-hybridized carbons (Fsp3) is 0.100. The highest BCUT2D eigenvalue weighted by Gasteiger charge is 2.31. The van der Waals surface area contributed by atoms with Gasteiger partial charge in [0.05, 0.1) is 5.69 Å². The second kappa shape index (κ2) is 7.48. The Labute approximate surface area is 151 Å². The van der Waals surface area contributed by atoms with Gasteiger partial charge in [-0.2, -0.15) is 0 Å². The van der Waals surface area contributed by atoms with E-state index in [0.29, 0.717) is 16.8 Å². The summed E-state index contributed by atoms with van der Waals surface area (Å²) in [6.45, 7) is 0. The normalized spacial score (nSPS) is 10.5.